The van der Waals surface area contributed by atoms with Crippen LogP contribution < -0.4 is 5.73 Å². The topological polar surface area (TPSA) is 64.9 Å². The molecule has 5 heteroatoms. The van der Waals surface area contributed by atoms with Gasteiger partial charge in [-0.1, -0.05) is 5.16 Å². The van der Waals surface area contributed by atoms with Crippen molar-refractivity contribution < 1.29 is 8.91 Å². The minimum atomic E-state index is -0.488. The van der Waals surface area contributed by atoms with Gasteiger partial charge in [-0.05, 0) is 25.1 Å². The van der Waals surface area contributed by atoms with E-state index in [0.717, 1.165) is 0 Å². The summed E-state index contributed by atoms with van der Waals surface area (Å²) in [5, 5.41) is 3.61. The van der Waals surface area contributed by atoms with Crippen LogP contribution >= 0.6 is 0 Å². The van der Waals surface area contributed by atoms with Crippen molar-refractivity contribution >= 4 is 5.69 Å². The van der Waals surface area contributed by atoms with Crippen molar-refractivity contribution in [1.82, 2.24) is 10.1 Å². The van der Waals surface area contributed by atoms with Gasteiger partial charge in [0.15, 0.2) is 5.82 Å². The molecule has 0 amide bonds. The molecule has 0 aliphatic carbocycles. The average Bonchev–Trinajstić information content (AvgIpc) is 2.57. The third-order valence-corrected chi connectivity index (χ3v) is 1.77. The summed E-state index contributed by atoms with van der Waals surface area (Å²) in [5.41, 5.74) is 5.96. The zero-order valence-corrected chi connectivity index (χ0v) is 7.49. The summed E-state index contributed by atoms with van der Waals surface area (Å²) in [7, 11) is 0. The third-order valence-electron chi connectivity index (χ3n) is 1.77. The van der Waals surface area contributed by atoms with Crippen molar-refractivity contribution in [3.63, 3.8) is 0 Å². The first-order chi connectivity index (χ1) is 6.66. The van der Waals surface area contributed by atoms with Gasteiger partial charge < -0.3 is 10.3 Å². The van der Waals surface area contributed by atoms with Crippen LogP contribution in [0.1, 0.15) is 5.82 Å². The summed E-state index contributed by atoms with van der Waals surface area (Å²) in [5.74, 6) is 0.317. The average molecular weight is 193 g/mol. The molecular weight excluding hydrogens is 185 g/mol. The maximum absolute atomic E-state index is 13.1. The van der Waals surface area contributed by atoms with Crippen LogP contribution in [0, 0.1) is 12.7 Å². The molecule has 0 fully saturated rings. The second kappa shape index (κ2) is 3.10. The molecule has 0 bridgehead atoms. The Morgan fingerprint density at radius 3 is 2.79 bits per heavy atom. The molecule has 1 aromatic carbocycles. The van der Waals surface area contributed by atoms with Gasteiger partial charge in [0.25, 0.3) is 5.89 Å². The molecule has 0 atom stereocenters. The summed E-state index contributed by atoms with van der Waals surface area (Å²) >= 11 is 0. The molecule has 72 valence electrons. The number of benzene rings is 1. The van der Waals surface area contributed by atoms with Crippen LogP contribution in [0.5, 0.6) is 0 Å². The lowest BCUT2D eigenvalue weighted by Gasteiger charge is -1.97. The molecule has 0 spiro atoms. The molecule has 0 radical (unpaired) electrons. The molecule has 0 aliphatic rings. The van der Waals surface area contributed by atoms with E-state index in [9.17, 15) is 4.39 Å². The highest BCUT2D eigenvalue weighted by molar-refractivity contribution is 5.57. The normalized spacial score (nSPS) is 10.4. The molecule has 0 unspecified atom stereocenters. The van der Waals surface area contributed by atoms with Crippen LogP contribution in [0.4, 0.5) is 10.1 Å². The second-order valence-electron chi connectivity index (χ2n) is 2.88. The van der Waals surface area contributed by atoms with E-state index in [4.69, 9.17) is 10.3 Å². The predicted molar refractivity (Wildman–Crippen MR) is 48.8 cm³/mol. The third kappa shape index (κ3) is 1.44. The quantitative estimate of drug-likeness (QED) is 0.701. The number of hydrogen-bond acceptors (Lipinski definition) is 4. The Labute approximate surface area is 79.5 Å². The molecule has 0 aliphatic heterocycles. The number of aryl methyl sites for hydroxylation is 1. The van der Waals surface area contributed by atoms with E-state index < -0.39 is 5.82 Å². The van der Waals surface area contributed by atoms with Crippen LogP contribution in [0.3, 0.4) is 0 Å². The number of anilines is 1. The van der Waals surface area contributed by atoms with Crippen molar-refractivity contribution in [3.05, 3.63) is 29.8 Å². The van der Waals surface area contributed by atoms with E-state index >= 15 is 0 Å². The first-order valence-corrected chi connectivity index (χ1v) is 4.02. The summed E-state index contributed by atoms with van der Waals surface area (Å²) < 4.78 is 17.9. The standard InChI is InChI=1S/C9H8FN3O/c1-5-12-9(14-13-5)6-2-3-8(11)7(10)4-6/h2-4H,11H2,1H3. The molecule has 0 saturated heterocycles. The van der Waals surface area contributed by atoms with Crippen molar-refractivity contribution in [2.45, 2.75) is 6.92 Å². The fraction of sp³-hybridized carbons (Fsp3) is 0.111. The lowest BCUT2D eigenvalue weighted by Crippen LogP contribution is -1.90. The zero-order valence-electron chi connectivity index (χ0n) is 7.49. The molecule has 14 heavy (non-hydrogen) atoms. The second-order valence-corrected chi connectivity index (χ2v) is 2.88. The Balaban J connectivity index is 2.47. The van der Waals surface area contributed by atoms with Crippen molar-refractivity contribution in [1.29, 1.82) is 0 Å². The fourth-order valence-electron chi connectivity index (χ4n) is 1.07. The maximum Gasteiger partial charge on any atom is 0.258 e. The van der Waals surface area contributed by atoms with Gasteiger partial charge in [-0.3, -0.25) is 0 Å². The summed E-state index contributed by atoms with van der Waals surface area (Å²) in [4.78, 5) is 3.97. The number of halogens is 1. The molecule has 2 N–H and O–H groups in total. The zero-order chi connectivity index (χ0) is 10.1. The lowest BCUT2D eigenvalue weighted by molar-refractivity contribution is 0.425. The van der Waals surface area contributed by atoms with Gasteiger partial charge in [0.05, 0.1) is 5.69 Å². The van der Waals surface area contributed by atoms with Gasteiger partial charge in [0.2, 0.25) is 0 Å². The molecule has 4 nitrogen and oxygen atoms in total. The number of nitrogen functional groups attached to an aromatic ring is 1. The highest BCUT2D eigenvalue weighted by Crippen LogP contribution is 2.20. The molecule has 2 rings (SSSR count). The van der Waals surface area contributed by atoms with Gasteiger partial charge in [-0.25, -0.2) is 4.39 Å². The van der Waals surface area contributed by atoms with Crippen LogP contribution in [0.15, 0.2) is 22.7 Å². The first-order valence-electron chi connectivity index (χ1n) is 4.02. The van der Waals surface area contributed by atoms with E-state index in [0.29, 0.717) is 17.3 Å². The number of rotatable bonds is 1. The number of nitrogens with two attached hydrogens (primary N) is 1. The van der Waals surface area contributed by atoms with Gasteiger partial charge in [-0.15, -0.1) is 0 Å². The van der Waals surface area contributed by atoms with E-state index in [1.807, 2.05) is 0 Å². The van der Waals surface area contributed by atoms with Crippen molar-refractivity contribution in [2.24, 2.45) is 0 Å². The first kappa shape index (κ1) is 8.68. The van der Waals surface area contributed by atoms with Gasteiger partial charge in [-0.2, -0.15) is 4.98 Å². The Morgan fingerprint density at radius 2 is 2.21 bits per heavy atom. The van der Waals surface area contributed by atoms with Crippen LogP contribution in [-0.4, -0.2) is 10.1 Å². The van der Waals surface area contributed by atoms with Crippen LogP contribution in [0.25, 0.3) is 11.5 Å². The highest BCUT2D eigenvalue weighted by atomic mass is 19.1. The Morgan fingerprint density at radius 1 is 1.43 bits per heavy atom. The fourth-order valence-corrected chi connectivity index (χ4v) is 1.07. The van der Waals surface area contributed by atoms with E-state index in [1.54, 1.807) is 13.0 Å². The monoisotopic (exact) mass is 193 g/mol. The number of nitrogens with zero attached hydrogens (tertiary/aromatic N) is 2. The molecule has 1 heterocycles. The van der Waals surface area contributed by atoms with Crippen molar-refractivity contribution in [2.75, 3.05) is 5.73 Å². The lowest BCUT2D eigenvalue weighted by atomic mass is 10.2. The Kier molecular flexibility index (Phi) is 1.92. The molecule has 1 aromatic heterocycles. The summed E-state index contributed by atoms with van der Waals surface area (Å²) in [6, 6.07) is 4.36. The minimum absolute atomic E-state index is 0.102. The van der Waals surface area contributed by atoms with Crippen LogP contribution in [0.2, 0.25) is 0 Å². The highest BCUT2D eigenvalue weighted by Gasteiger charge is 2.08. The van der Waals surface area contributed by atoms with Gasteiger partial charge in [0, 0.05) is 5.56 Å². The minimum Gasteiger partial charge on any atom is -0.396 e. The van der Waals surface area contributed by atoms with E-state index in [1.165, 1.54) is 12.1 Å². The number of aromatic nitrogens is 2. The van der Waals surface area contributed by atoms with Gasteiger partial charge >= 0.3 is 0 Å². The van der Waals surface area contributed by atoms with Crippen LogP contribution in [-0.2, 0) is 0 Å². The van der Waals surface area contributed by atoms with Crippen molar-refractivity contribution in [3.8, 4) is 11.5 Å². The Hall–Kier alpha value is -1.91. The SMILES string of the molecule is Cc1noc(-c2ccc(N)c(F)c2)n1. The van der Waals surface area contributed by atoms with E-state index in [-0.39, 0.29) is 5.69 Å². The largest absolute Gasteiger partial charge is 0.396 e. The number of hydrogen-bond donors (Lipinski definition) is 1. The van der Waals surface area contributed by atoms with Gasteiger partial charge in [0.1, 0.15) is 5.82 Å². The molecule has 0 saturated carbocycles. The maximum atomic E-state index is 13.1. The predicted octanol–water partition coefficient (Wildman–Crippen LogP) is 1.77. The summed E-state index contributed by atoms with van der Waals surface area (Å²) in [6.07, 6.45) is 0. The smallest absolute Gasteiger partial charge is 0.258 e. The molecular formula is C9H8FN3O. The van der Waals surface area contributed by atoms with E-state index in [2.05, 4.69) is 10.1 Å². The molecule has 2 aromatic rings. The summed E-state index contributed by atoms with van der Waals surface area (Å²) in [6.45, 7) is 1.70. The Bertz CT molecular complexity index is 467.